The summed E-state index contributed by atoms with van der Waals surface area (Å²) >= 11 is 0. The smallest absolute Gasteiger partial charge is 0.228 e. The highest BCUT2D eigenvalue weighted by Crippen LogP contribution is 2.14. The summed E-state index contributed by atoms with van der Waals surface area (Å²) in [6.45, 7) is 3.29. The van der Waals surface area contributed by atoms with Crippen LogP contribution in [0.2, 0.25) is 0 Å². The molecule has 0 aromatic carbocycles. The van der Waals surface area contributed by atoms with E-state index < -0.39 is 21.7 Å². The van der Waals surface area contributed by atoms with Crippen molar-refractivity contribution in [3.8, 4) is 0 Å². The molecule has 6 heteroatoms. The molecular weight excluding hydrogens is 188 g/mol. The molecule has 0 radical (unpaired) electrons. The molecule has 3 nitrogen and oxygen atoms in total. The first-order valence-electron chi connectivity index (χ1n) is 3.30. The third kappa shape index (κ3) is 3.77. The van der Waals surface area contributed by atoms with Crippen LogP contribution in [0.15, 0.2) is 12.7 Å². The summed E-state index contributed by atoms with van der Waals surface area (Å²) in [5.74, 6) is 0. The number of sulfonamides is 1. The zero-order valence-electron chi connectivity index (χ0n) is 6.41. The maximum atomic E-state index is 12.0. The lowest BCUT2D eigenvalue weighted by Gasteiger charge is -2.11. The van der Waals surface area contributed by atoms with E-state index in [0.717, 1.165) is 0 Å². The van der Waals surface area contributed by atoms with E-state index in [-0.39, 0.29) is 12.8 Å². The molecule has 0 fully saturated rings. The maximum Gasteiger partial charge on any atom is 0.256 e. The molecule has 0 rings (SSSR count). The molecule has 0 aliphatic heterocycles. The fourth-order valence-electron chi connectivity index (χ4n) is 0.716. The summed E-state index contributed by atoms with van der Waals surface area (Å²) in [4.78, 5) is 0. The van der Waals surface area contributed by atoms with Gasteiger partial charge in [-0.1, -0.05) is 6.08 Å². The van der Waals surface area contributed by atoms with Crippen LogP contribution in [0, 0.1) is 0 Å². The van der Waals surface area contributed by atoms with Crippen LogP contribution in [0.4, 0.5) is 8.78 Å². The van der Waals surface area contributed by atoms with E-state index >= 15 is 0 Å². The molecule has 0 aliphatic rings. The molecule has 2 N–H and O–H groups in total. The minimum absolute atomic E-state index is 0.181. The molecule has 1 atom stereocenters. The average Bonchev–Trinajstić information content (AvgIpc) is 1.84. The highest BCUT2D eigenvalue weighted by atomic mass is 32.2. The van der Waals surface area contributed by atoms with E-state index in [9.17, 15) is 17.2 Å². The predicted molar refractivity (Wildman–Crippen MR) is 42.3 cm³/mol. The van der Waals surface area contributed by atoms with E-state index in [1.165, 1.54) is 6.08 Å². The summed E-state index contributed by atoms with van der Waals surface area (Å²) < 4.78 is 45.1. The minimum atomic E-state index is -4.13. The Morgan fingerprint density at radius 2 is 2.00 bits per heavy atom. The Balaban J connectivity index is 4.35. The second-order valence-electron chi connectivity index (χ2n) is 2.33. The quantitative estimate of drug-likeness (QED) is 0.668. The topological polar surface area (TPSA) is 60.2 Å². The summed E-state index contributed by atoms with van der Waals surface area (Å²) in [6, 6.07) is 0. The van der Waals surface area contributed by atoms with Crippen LogP contribution in [0.25, 0.3) is 0 Å². The van der Waals surface area contributed by atoms with Crippen molar-refractivity contribution in [2.75, 3.05) is 0 Å². The van der Waals surface area contributed by atoms with E-state index in [2.05, 4.69) is 11.7 Å². The van der Waals surface area contributed by atoms with Crippen LogP contribution in [-0.2, 0) is 10.0 Å². The van der Waals surface area contributed by atoms with Gasteiger partial charge in [0.05, 0.1) is 0 Å². The van der Waals surface area contributed by atoms with Crippen molar-refractivity contribution >= 4 is 10.0 Å². The number of primary sulfonamides is 1. The molecule has 0 bridgehead atoms. The summed E-state index contributed by atoms with van der Waals surface area (Å²) in [6.07, 6.45) is -1.52. The molecule has 0 saturated carbocycles. The number of alkyl halides is 2. The molecule has 0 amide bonds. The molecule has 12 heavy (non-hydrogen) atoms. The highest BCUT2D eigenvalue weighted by Gasteiger charge is 2.30. The number of halogens is 2. The normalized spacial score (nSPS) is 14.7. The van der Waals surface area contributed by atoms with Crippen LogP contribution >= 0.6 is 0 Å². The Kier molecular flexibility index (Phi) is 4.33. The second-order valence-corrected chi connectivity index (χ2v) is 4.11. The van der Waals surface area contributed by atoms with Crippen molar-refractivity contribution in [1.29, 1.82) is 0 Å². The molecule has 0 aliphatic carbocycles. The molecule has 0 aromatic rings. The van der Waals surface area contributed by atoms with Gasteiger partial charge in [0, 0.05) is 0 Å². The Hall–Kier alpha value is -0.490. The van der Waals surface area contributed by atoms with Crippen LogP contribution < -0.4 is 5.14 Å². The Morgan fingerprint density at radius 3 is 2.25 bits per heavy atom. The molecule has 0 saturated heterocycles. The number of hydrogen-bond acceptors (Lipinski definition) is 2. The Labute approximate surface area is 70.3 Å². The zero-order chi connectivity index (χ0) is 9.78. The second kappa shape index (κ2) is 4.51. The van der Waals surface area contributed by atoms with Gasteiger partial charge >= 0.3 is 0 Å². The van der Waals surface area contributed by atoms with Crippen molar-refractivity contribution in [2.24, 2.45) is 5.14 Å². The van der Waals surface area contributed by atoms with Crippen LogP contribution in [0.3, 0.4) is 0 Å². The number of rotatable bonds is 5. The van der Waals surface area contributed by atoms with E-state index in [1.54, 1.807) is 0 Å². The van der Waals surface area contributed by atoms with Gasteiger partial charge < -0.3 is 0 Å². The van der Waals surface area contributed by atoms with Gasteiger partial charge in [0.15, 0.2) is 0 Å². The van der Waals surface area contributed by atoms with Crippen LogP contribution in [0.1, 0.15) is 12.8 Å². The van der Waals surface area contributed by atoms with Gasteiger partial charge in [0.1, 0.15) is 5.25 Å². The fourth-order valence-corrected chi connectivity index (χ4v) is 1.47. The van der Waals surface area contributed by atoms with E-state index in [1.807, 2.05) is 0 Å². The van der Waals surface area contributed by atoms with Gasteiger partial charge in [0.2, 0.25) is 10.0 Å². The van der Waals surface area contributed by atoms with Crippen LogP contribution in [0.5, 0.6) is 0 Å². The maximum absolute atomic E-state index is 12.0. The first kappa shape index (κ1) is 11.5. The summed E-state index contributed by atoms with van der Waals surface area (Å²) in [5.41, 5.74) is 0. The number of hydrogen-bond donors (Lipinski definition) is 1. The molecule has 0 heterocycles. The lowest BCUT2D eigenvalue weighted by atomic mass is 10.2. The van der Waals surface area contributed by atoms with Gasteiger partial charge in [-0.05, 0) is 12.8 Å². The largest absolute Gasteiger partial charge is 0.256 e. The molecular formula is C6H11F2NO2S. The first-order valence-corrected chi connectivity index (χ1v) is 4.91. The fraction of sp³-hybridized carbons (Fsp3) is 0.667. The molecule has 0 spiro atoms. The van der Waals surface area contributed by atoms with Gasteiger partial charge in [-0.2, -0.15) is 0 Å². The van der Waals surface area contributed by atoms with Crippen molar-refractivity contribution < 1.29 is 17.2 Å². The highest BCUT2D eigenvalue weighted by molar-refractivity contribution is 7.89. The Morgan fingerprint density at radius 1 is 1.50 bits per heavy atom. The number of nitrogens with two attached hydrogens (primary N) is 1. The van der Waals surface area contributed by atoms with Crippen molar-refractivity contribution in [1.82, 2.24) is 0 Å². The van der Waals surface area contributed by atoms with Gasteiger partial charge in [-0.25, -0.2) is 22.3 Å². The zero-order valence-corrected chi connectivity index (χ0v) is 7.23. The van der Waals surface area contributed by atoms with E-state index in [4.69, 9.17) is 0 Å². The lowest BCUT2D eigenvalue weighted by Crippen LogP contribution is -2.34. The van der Waals surface area contributed by atoms with Crippen LogP contribution in [-0.4, -0.2) is 20.1 Å². The van der Waals surface area contributed by atoms with Crippen molar-refractivity contribution in [3.05, 3.63) is 12.7 Å². The Bertz CT molecular complexity index is 238. The average molecular weight is 199 g/mol. The predicted octanol–water partition coefficient (Wildman–Crippen LogP) is 0.875. The summed E-state index contributed by atoms with van der Waals surface area (Å²) in [7, 11) is -4.13. The SMILES string of the molecule is C=CCC[C@H](C(F)F)S(N)(=O)=O. The lowest BCUT2D eigenvalue weighted by molar-refractivity contribution is 0.138. The van der Waals surface area contributed by atoms with E-state index in [0.29, 0.717) is 0 Å². The molecule has 0 unspecified atom stereocenters. The van der Waals surface area contributed by atoms with Crippen molar-refractivity contribution in [3.63, 3.8) is 0 Å². The number of allylic oxidation sites excluding steroid dienone is 1. The third-order valence-corrected chi connectivity index (χ3v) is 2.64. The minimum Gasteiger partial charge on any atom is -0.228 e. The van der Waals surface area contributed by atoms with Crippen molar-refractivity contribution in [2.45, 2.75) is 24.5 Å². The monoisotopic (exact) mass is 199 g/mol. The van der Waals surface area contributed by atoms with Gasteiger partial charge in [-0.3, -0.25) is 0 Å². The summed E-state index contributed by atoms with van der Waals surface area (Å²) in [5, 5.41) is 2.81. The molecule has 72 valence electrons. The third-order valence-electron chi connectivity index (χ3n) is 1.36. The standard InChI is InChI=1S/C6H11F2NO2S/c1-2-3-4-5(6(7)8)12(9,10)11/h2,5-6H,1,3-4H2,(H2,9,10,11)/t5-/m1/s1. The first-order chi connectivity index (χ1) is 5.39. The van der Waals surface area contributed by atoms with Gasteiger partial charge in [-0.15, -0.1) is 6.58 Å². The molecule has 0 aromatic heterocycles. The van der Waals surface area contributed by atoms with Gasteiger partial charge in [0.25, 0.3) is 6.43 Å².